The summed E-state index contributed by atoms with van der Waals surface area (Å²) in [5.41, 5.74) is 1.53. The molecule has 134 valence electrons. The van der Waals surface area contributed by atoms with Gasteiger partial charge in [0, 0.05) is 19.8 Å². The van der Waals surface area contributed by atoms with Crippen LogP contribution in [-0.4, -0.2) is 43.8 Å². The first-order chi connectivity index (χ1) is 12.1. The third-order valence-electron chi connectivity index (χ3n) is 4.66. The average Bonchev–Trinajstić information content (AvgIpc) is 3.07. The first-order valence-corrected chi connectivity index (χ1v) is 8.68. The summed E-state index contributed by atoms with van der Waals surface area (Å²) < 4.78 is 1.70. The number of aryl methyl sites for hydroxylation is 1. The van der Waals surface area contributed by atoms with E-state index < -0.39 is 12.1 Å². The molecule has 2 amide bonds. The van der Waals surface area contributed by atoms with E-state index in [2.05, 4.69) is 25.9 Å². The van der Waals surface area contributed by atoms with E-state index in [1.54, 1.807) is 23.0 Å². The fraction of sp³-hybridized carbons (Fsp3) is 0.529. The molecule has 0 radical (unpaired) electrons. The Morgan fingerprint density at radius 3 is 2.72 bits per heavy atom. The summed E-state index contributed by atoms with van der Waals surface area (Å²) in [5.74, 6) is 0.641. The summed E-state index contributed by atoms with van der Waals surface area (Å²) in [6, 6.07) is 4.91. The molecule has 1 fully saturated rings. The molecule has 1 aliphatic carbocycles. The smallest absolute Gasteiger partial charge is 0.320 e. The van der Waals surface area contributed by atoms with Crippen LogP contribution in [-0.2, 0) is 7.05 Å². The van der Waals surface area contributed by atoms with Crippen LogP contribution in [0.1, 0.15) is 32.1 Å². The lowest BCUT2D eigenvalue weighted by molar-refractivity contribution is 0.0863. The summed E-state index contributed by atoms with van der Waals surface area (Å²) in [6.45, 7) is 0.247. The lowest BCUT2D eigenvalue weighted by atomic mass is 9.85. The van der Waals surface area contributed by atoms with Gasteiger partial charge in [-0.15, -0.1) is 10.2 Å². The Hall–Kier alpha value is -2.48. The predicted molar refractivity (Wildman–Crippen MR) is 93.8 cm³/mol. The SMILES string of the molecule is Cn1nccc1-c1ccc(NC(=O)NCC(O)C2CCCCC2)nn1. The zero-order valence-corrected chi connectivity index (χ0v) is 14.4. The number of hydrogen-bond donors (Lipinski definition) is 3. The van der Waals surface area contributed by atoms with Crippen molar-refractivity contribution < 1.29 is 9.90 Å². The van der Waals surface area contributed by atoms with Crippen molar-refractivity contribution in [3.63, 3.8) is 0 Å². The Kier molecular flexibility index (Phi) is 5.60. The Balaban J connectivity index is 1.48. The van der Waals surface area contributed by atoms with Crippen LogP contribution in [0.25, 0.3) is 11.4 Å². The molecule has 0 aliphatic heterocycles. The van der Waals surface area contributed by atoms with Crippen molar-refractivity contribution >= 4 is 11.8 Å². The van der Waals surface area contributed by atoms with Gasteiger partial charge in [-0.2, -0.15) is 5.10 Å². The molecule has 0 bridgehead atoms. The minimum atomic E-state index is -0.496. The summed E-state index contributed by atoms with van der Waals surface area (Å²) in [6.07, 6.45) is 6.82. The van der Waals surface area contributed by atoms with Crippen molar-refractivity contribution in [2.24, 2.45) is 13.0 Å². The van der Waals surface area contributed by atoms with E-state index in [-0.39, 0.29) is 12.5 Å². The van der Waals surface area contributed by atoms with Gasteiger partial charge in [0.15, 0.2) is 5.82 Å². The zero-order chi connectivity index (χ0) is 17.6. The largest absolute Gasteiger partial charge is 0.391 e. The number of aliphatic hydroxyl groups is 1. The molecule has 2 aromatic rings. The molecule has 0 aromatic carbocycles. The number of urea groups is 1. The van der Waals surface area contributed by atoms with Crippen LogP contribution in [0.3, 0.4) is 0 Å². The molecule has 1 saturated carbocycles. The van der Waals surface area contributed by atoms with Crippen molar-refractivity contribution in [3.05, 3.63) is 24.4 Å². The van der Waals surface area contributed by atoms with Gasteiger partial charge < -0.3 is 10.4 Å². The van der Waals surface area contributed by atoms with Gasteiger partial charge in [0.05, 0.1) is 11.8 Å². The highest BCUT2D eigenvalue weighted by Gasteiger charge is 2.22. The van der Waals surface area contributed by atoms with E-state index in [9.17, 15) is 9.90 Å². The maximum absolute atomic E-state index is 12.0. The van der Waals surface area contributed by atoms with Crippen LogP contribution in [0.2, 0.25) is 0 Å². The number of carbonyl (C=O) groups is 1. The van der Waals surface area contributed by atoms with E-state index in [0.29, 0.717) is 11.5 Å². The molecule has 2 heterocycles. The van der Waals surface area contributed by atoms with Gasteiger partial charge in [-0.05, 0) is 37.0 Å². The second kappa shape index (κ2) is 8.06. The van der Waals surface area contributed by atoms with Crippen molar-refractivity contribution in [1.82, 2.24) is 25.3 Å². The van der Waals surface area contributed by atoms with Gasteiger partial charge in [-0.3, -0.25) is 10.00 Å². The molecule has 2 aromatic heterocycles. The molecular formula is C17H24N6O2. The van der Waals surface area contributed by atoms with Gasteiger partial charge in [-0.1, -0.05) is 19.3 Å². The van der Waals surface area contributed by atoms with E-state index in [4.69, 9.17) is 0 Å². The van der Waals surface area contributed by atoms with Crippen LogP contribution in [0.5, 0.6) is 0 Å². The van der Waals surface area contributed by atoms with Crippen molar-refractivity contribution in [2.75, 3.05) is 11.9 Å². The first kappa shape index (κ1) is 17.3. The minimum Gasteiger partial charge on any atom is -0.391 e. The van der Waals surface area contributed by atoms with Gasteiger partial charge in [0.2, 0.25) is 0 Å². The first-order valence-electron chi connectivity index (χ1n) is 8.68. The predicted octanol–water partition coefficient (Wildman–Crippen LogP) is 1.94. The molecule has 1 unspecified atom stereocenters. The van der Waals surface area contributed by atoms with Gasteiger partial charge in [0.25, 0.3) is 0 Å². The number of anilines is 1. The van der Waals surface area contributed by atoms with Crippen LogP contribution in [0.15, 0.2) is 24.4 Å². The maximum Gasteiger partial charge on any atom is 0.320 e. The van der Waals surface area contributed by atoms with Gasteiger partial charge in [0.1, 0.15) is 5.69 Å². The molecule has 1 aliphatic rings. The number of carbonyl (C=O) groups excluding carboxylic acids is 1. The van der Waals surface area contributed by atoms with Crippen LogP contribution in [0.4, 0.5) is 10.6 Å². The normalized spacial score (nSPS) is 16.4. The summed E-state index contributed by atoms with van der Waals surface area (Å²) in [7, 11) is 1.83. The quantitative estimate of drug-likeness (QED) is 0.769. The maximum atomic E-state index is 12.0. The van der Waals surface area contributed by atoms with Crippen molar-refractivity contribution in [2.45, 2.75) is 38.2 Å². The monoisotopic (exact) mass is 344 g/mol. The molecule has 25 heavy (non-hydrogen) atoms. The highest BCUT2D eigenvalue weighted by atomic mass is 16.3. The lowest BCUT2D eigenvalue weighted by Gasteiger charge is -2.26. The number of nitrogens with one attached hydrogen (secondary N) is 2. The number of amides is 2. The molecule has 3 rings (SSSR count). The molecule has 0 spiro atoms. The highest BCUT2D eigenvalue weighted by Crippen LogP contribution is 2.26. The highest BCUT2D eigenvalue weighted by molar-refractivity contribution is 5.88. The average molecular weight is 344 g/mol. The summed E-state index contributed by atoms with van der Waals surface area (Å²) >= 11 is 0. The number of aromatic nitrogens is 4. The molecule has 0 saturated heterocycles. The third kappa shape index (κ3) is 4.54. The van der Waals surface area contributed by atoms with E-state index in [0.717, 1.165) is 31.4 Å². The Morgan fingerprint density at radius 2 is 2.08 bits per heavy atom. The van der Waals surface area contributed by atoms with Gasteiger partial charge >= 0.3 is 6.03 Å². The zero-order valence-electron chi connectivity index (χ0n) is 14.4. The molecule has 1 atom stereocenters. The summed E-state index contributed by atoms with van der Waals surface area (Å²) in [4.78, 5) is 12.0. The number of nitrogens with zero attached hydrogens (tertiary/aromatic N) is 4. The molecule has 3 N–H and O–H groups in total. The molecule has 8 heteroatoms. The van der Waals surface area contributed by atoms with Crippen molar-refractivity contribution in [3.8, 4) is 11.4 Å². The van der Waals surface area contributed by atoms with Crippen molar-refractivity contribution in [1.29, 1.82) is 0 Å². The molecule has 8 nitrogen and oxygen atoms in total. The Bertz CT molecular complexity index is 693. The minimum absolute atomic E-state index is 0.247. The van der Waals surface area contributed by atoms with Crippen LogP contribution in [0, 0.1) is 5.92 Å². The lowest BCUT2D eigenvalue weighted by Crippen LogP contribution is -2.39. The topological polar surface area (TPSA) is 105 Å². The Labute approximate surface area is 146 Å². The molecular weight excluding hydrogens is 320 g/mol. The van der Waals surface area contributed by atoms with Crippen LogP contribution >= 0.6 is 0 Å². The second-order valence-corrected chi connectivity index (χ2v) is 6.44. The third-order valence-corrected chi connectivity index (χ3v) is 4.66. The van der Waals surface area contributed by atoms with E-state index in [1.165, 1.54) is 6.42 Å². The fourth-order valence-electron chi connectivity index (χ4n) is 3.20. The van der Waals surface area contributed by atoms with Gasteiger partial charge in [-0.25, -0.2) is 4.79 Å². The van der Waals surface area contributed by atoms with E-state index in [1.807, 2.05) is 13.1 Å². The van der Waals surface area contributed by atoms with E-state index >= 15 is 0 Å². The Morgan fingerprint density at radius 1 is 1.28 bits per heavy atom. The second-order valence-electron chi connectivity index (χ2n) is 6.44. The number of aliphatic hydroxyl groups excluding tert-OH is 1. The summed E-state index contributed by atoms with van der Waals surface area (Å²) in [5, 5.41) is 27.7. The standard InChI is InChI=1S/C17H24N6O2/c1-23-14(9-10-19-23)13-7-8-16(22-21-13)20-17(25)18-11-15(24)12-5-3-2-4-6-12/h7-10,12,15,24H,2-6,11H2,1H3,(H2,18,20,22,25). The number of hydrogen-bond acceptors (Lipinski definition) is 5. The number of rotatable bonds is 5. The van der Waals surface area contributed by atoms with Crippen LogP contribution < -0.4 is 10.6 Å². The fourth-order valence-corrected chi connectivity index (χ4v) is 3.20.